The molecule has 1 heterocycles. The number of rotatable bonds is 5. The number of carbonyl (C=O) groups excluding carboxylic acids is 1. The number of aromatic nitrogens is 2. The van der Waals surface area contributed by atoms with Gasteiger partial charge in [-0.05, 0) is 18.2 Å². The van der Waals surface area contributed by atoms with Gasteiger partial charge in [-0.15, -0.1) is 0 Å². The fourth-order valence-electron chi connectivity index (χ4n) is 1.89. The highest BCUT2D eigenvalue weighted by atomic mass is 35.5. The third kappa shape index (κ3) is 3.85. The molecule has 0 radical (unpaired) electrons. The van der Waals surface area contributed by atoms with Gasteiger partial charge in [0.2, 0.25) is 0 Å². The fourth-order valence-corrected chi connectivity index (χ4v) is 2.05. The van der Waals surface area contributed by atoms with E-state index >= 15 is 0 Å². The Morgan fingerprint density at radius 1 is 1.38 bits per heavy atom. The highest BCUT2D eigenvalue weighted by Gasteiger charge is 2.09. The van der Waals surface area contributed by atoms with Crippen molar-refractivity contribution in [3.05, 3.63) is 29.0 Å². The highest BCUT2D eigenvalue weighted by Crippen LogP contribution is 2.19. The molecule has 2 amide bonds. The number of fused-ring (bicyclic) bond motifs is 1. The molecule has 0 saturated heterocycles. The Labute approximate surface area is 125 Å². The monoisotopic (exact) mass is 310 g/mol. The Balaban J connectivity index is 1.95. The summed E-state index contributed by atoms with van der Waals surface area (Å²) in [6, 6.07) is 4.97. The molecule has 0 aliphatic carbocycles. The number of aliphatic carboxylic acids is 1. The minimum atomic E-state index is -0.956. The van der Waals surface area contributed by atoms with Crippen molar-refractivity contribution in [3.8, 4) is 0 Å². The van der Waals surface area contributed by atoms with E-state index in [1.807, 2.05) is 17.7 Å². The van der Waals surface area contributed by atoms with Crippen molar-refractivity contribution in [1.29, 1.82) is 0 Å². The molecule has 112 valence electrons. The third-order valence-corrected chi connectivity index (χ3v) is 3.20. The van der Waals surface area contributed by atoms with Gasteiger partial charge in [0.15, 0.2) is 0 Å². The molecule has 0 atom stereocenters. The Kier molecular flexibility index (Phi) is 4.64. The summed E-state index contributed by atoms with van der Waals surface area (Å²) in [7, 11) is 1.85. The van der Waals surface area contributed by atoms with Crippen LogP contribution in [0.4, 0.5) is 4.79 Å². The number of benzene rings is 1. The molecule has 3 N–H and O–H groups in total. The topological polar surface area (TPSA) is 96.2 Å². The van der Waals surface area contributed by atoms with E-state index in [1.54, 1.807) is 12.1 Å². The quantitative estimate of drug-likeness (QED) is 0.779. The first-order chi connectivity index (χ1) is 9.97. The van der Waals surface area contributed by atoms with Crippen LogP contribution in [0.2, 0.25) is 5.02 Å². The van der Waals surface area contributed by atoms with Gasteiger partial charge in [-0.3, -0.25) is 4.79 Å². The van der Waals surface area contributed by atoms with Crippen molar-refractivity contribution in [2.24, 2.45) is 7.05 Å². The number of nitrogens with zero attached hydrogens (tertiary/aromatic N) is 2. The lowest BCUT2D eigenvalue weighted by Crippen LogP contribution is -2.36. The van der Waals surface area contributed by atoms with Crippen molar-refractivity contribution < 1.29 is 14.7 Å². The highest BCUT2D eigenvalue weighted by molar-refractivity contribution is 6.31. The van der Waals surface area contributed by atoms with E-state index in [9.17, 15) is 9.59 Å². The van der Waals surface area contributed by atoms with Crippen LogP contribution in [0.15, 0.2) is 18.2 Å². The van der Waals surface area contributed by atoms with E-state index in [0.717, 1.165) is 11.0 Å². The molecular weight excluding hydrogens is 296 g/mol. The van der Waals surface area contributed by atoms with Crippen LogP contribution in [-0.4, -0.2) is 33.2 Å². The number of hydrogen-bond donors (Lipinski definition) is 3. The summed E-state index contributed by atoms with van der Waals surface area (Å²) in [6.07, 6.45) is -0.113. The maximum absolute atomic E-state index is 11.5. The number of imidazole rings is 1. The molecule has 8 heteroatoms. The third-order valence-electron chi connectivity index (χ3n) is 2.97. The van der Waals surface area contributed by atoms with E-state index in [4.69, 9.17) is 16.7 Å². The van der Waals surface area contributed by atoms with Crippen molar-refractivity contribution in [2.75, 3.05) is 6.54 Å². The SMILES string of the molecule is Cn1c(CNC(=O)NCCC(=O)O)nc2cc(Cl)ccc21. The number of hydrogen-bond acceptors (Lipinski definition) is 3. The predicted octanol–water partition coefficient (Wildman–Crippen LogP) is 1.50. The summed E-state index contributed by atoms with van der Waals surface area (Å²) in [4.78, 5) is 26.2. The lowest BCUT2D eigenvalue weighted by molar-refractivity contribution is -0.136. The Morgan fingerprint density at radius 2 is 2.14 bits per heavy atom. The molecule has 2 aromatic rings. The fraction of sp³-hybridized carbons (Fsp3) is 0.308. The van der Waals surface area contributed by atoms with Crippen molar-refractivity contribution in [3.63, 3.8) is 0 Å². The van der Waals surface area contributed by atoms with Gasteiger partial charge in [-0.25, -0.2) is 9.78 Å². The number of aryl methyl sites for hydroxylation is 1. The Bertz CT molecular complexity index is 683. The van der Waals surface area contributed by atoms with Gasteiger partial charge in [0, 0.05) is 18.6 Å². The first-order valence-electron chi connectivity index (χ1n) is 6.31. The summed E-state index contributed by atoms with van der Waals surface area (Å²) in [5.41, 5.74) is 1.68. The zero-order chi connectivity index (χ0) is 15.4. The molecule has 0 unspecified atom stereocenters. The van der Waals surface area contributed by atoms with Gasteiger partial charge in [0.05, 0.1) is 24.0 Å². The van der Waals surface area contributed by atoms with Crippen molar-refractivity contribution >= 4 is 34.6 Å². The minimum absolute atomic E-state index is 0.0827. The molecule has 1 aromatic carbocycles. The molecule has 0 aliphatic rings. The number of halogens is 1. The maximum Gasteiger partial charge on any atom is 0.315 e. The smallest absolute Gasteiger partial charge is 0.315 e. The van der Waals surface area contributed by atoms with E-state index in [0.29, 0.717) is 10.8 Å². The van der Waals surface area contributed by atoms with Crippen molar-refractivity contribution in [2.45, 2.75) is 13.0 Å². The largest absolute Gasteiger partial charge is 0.481 e. The van der Waals surface area contributed by atoms with Crippen LogP contribution in [0, 0.1) is 0 Å². The van der Waals surface area contributed by atoms with Crippen LogP contribution in [0.1, 0.15) is 12.2 Å². The van der Waals surface area contributed by atoms with Crippen molar-refractivity contribution in [1.82, 2.24) is 20.2 Å². The number of amides is 2. The van der Waals surface area contributed by atoms with Crippen LogP contribution in [0.5, 0.6) is 0 Å². The second-order valence-corrected chi connectivity index (χ2v) is 4.91. The molecule has 2 rings (SSSR count). The van der Waals surface area contributed by atoms with Gasteiger partial charge < -0.3 is 20.3 Å². The van der Waals surface area contributed by atoms with E-state index in [1.165, 1.54) is 0 Å². The normalized spacial score (nSPS) is 10.6. The Morgan fingerprint density at radius 3 is 2.86 bits per heavy atom. The van der Waals surface area contributed by atoms with E-state index < -0.39 is 12.0 Å². The first-order valence-corrected chi connectivity index (χ1v) is 6.69. The zero-order valence-corrected chi connectivity index (χ0v) is 12.1. The van der Waals surface area contributed by atoms with Gasteiger partial charge in [-0.2, -0.15) is 0 Å². The Hall–Kier alpha value is -2.28. The molecular formula is C13H15ClN4O3. The van der Waals surface area contributed by atoms with Crippen LogP contribution < -0.4 is 10.6 Å². The summed E-state index contributed by atoms with van der Waals surface area (Å²) in [6.45, 7) is 0.320. The second kappa shape index (κ2) is 6.45. The molecule has 7 nitrogen and oxygen atoms in total. The molecule has 21 heavy (non-hydrogen) atoms. The number of carbonyl (C=O) groups is 2. The summed E-state index contributed by atoms with van der Waals surface area (Å²) < 4.78 is 1.86. The van der Waals surface area contributed by atoms with Crippen LogP contribution >= 0.6 is 11.6 Å². The molecule has 1 aromatic heterocycles. The number of nitrogens with one attached hydrogen (secondary N) is 2. The molecule has 0 aliphatic heterocycles. The second-order valence-electron chi connectivity index (χ2n) is 4.47. The predicted molar refractivity (Wildman–Crippen MR) is 78.2 cm³/mol. The van der Waals surface area contributed by atoms with Crippen LogP contribution in [0.25, 0.3) is 11.0 Å². The van der Waals surface area contributed by atoms with Gasteiger partial charge >= 0.3 is 12.0 Å². The average Bonchev–Trinajstić information content (AvgIpc) is 2.72. The van der Waals surface area contributed by atoms with Gasteiger partial charge in [0.25, 0.3) is 0 Å². The van der Waals surface area contributed by atoms with E-state index in [2.05, 4.69) is 15.6 Å². The maximum atomic E-state index is 11.5. The standard InChI is InChI=1S/C13H15ClN4O3/c1-18-10-3-2-8(14)6-9(10)17-11(18)7-16-13(21)15-5-4-12(19)20/h2-3,6H,4-5,7H2,1H3,(H,19,20)(H2,15,16,21). The van der Waals surface area contributed by atoms with E-state index in [-0.39, 0.29) is 19.5 Å². The minimum Gasteiger partial charge on any atom is -0.481 e. The lowest BCUT2D eigenvalue weighted by Gasteiger charge is -2.06. The van der Waals surface area contributed by atoms with Crippen LogP contribution in [0.3, 0.4) is 0 Å². The van der Waals surface area contributed by atoms with Crippen LogP contribution in [-0.2, 0) is 18.4 Å². The van der Waals surface area contributed by atoms with Gasteiger partial charge in [-0.1, -0.05) is 11.6 Å². The molecule has 0 spiro atoms. The molecule has 0 saturated carbocycles. The summed E-state index contributed by atoms with van der Waals surface area (Å²) in [5.74, 6) is -0.275. The molecule has 0 fully saturated rings. The summed E-state index contributed by atoms with van der Waals surface area (Å²) in [5, 5.41) is 14.2. The summed E-state index contributed by atoms with van der Waals surface area (Å²) >= 11 is 5.91. The first kappa shape index (κ1) is 15.1. The number of carboxylic acids is 1. The number of carboxylic acid groups (broad SMARTS) is 1. The molecule has 0 bridgehead atoms. The number of urea groups is 1. The lowest BCUT2D eigenvalue weighted by atomic mass is 10.3. The van der Waals surface area contributed by atoms with Gasteiger partial charge in [0.1, 0.15) is 5.82 Å². The average molecular weight is 311 g/mol. The zero-order valence-electron chi connectivity index (χ0n) is 11.4.